The largest absolute Gasteiger partial charge is 0.374 e. The lowest BCUT2D eigenvalue weighted by atomic mass is 10.6. The van der Waals surface area contributed by atoms with E-state index in [1.165, 1.54) is 6.92 Å². The van der Waals surface area contributed by atoms with Crippen molar-refractivity contribution in [1.29, 1.82) is 0 Å². The number of rotatable bonds is 1. The molecule has 0 unspecified atom stereocenters. The highest BCUT2D eigenvalue weighted by Crippen LogP contribution is 2.03. The van der Waals surface area contributed by atoms with Crippen LogP contribution in [-0.4, -0.2) is 5.84 Å². The molecule has 0 saturated heterocycles. The lowest BCUT2D eigenvalue weighted by Crippen LogP contribution is -2.06. The molecule has 0 fully saturated rings. The van der Waals surface area contributed by atoms with E-state index >= 15 is 0 Å². The van der Waals surface area contributed by atoms with E-state index in [9.17, 15) is 0 Å². The van der Waals surface area contributed by atoms with Crippen molar-refractivity contribution in [1.82, 2.24) is 0 Å². The first-order valence-electron chi connectivity index (χ1n) is 2.67. The molecule has 5 heteroatoms. The van der Waals surface area contributed by atoms with Crippen molar-refractivity contribution >= 4 is 5.84 Å². The molecular formula is C6H7N5. The fourth-order valence-corrected chi connectivity index (χ4v) is 0.357. The highest BCUT2D eigenvalue weighted by molar-refractivity contribution is 5.78. The number of aliphatic imine (C=N–C) groups is 1. The molecule has 0 aliphatic heterocycles. The van der Waals surface area contributed by atoms with E-state index in [0.717, 1.165) is 0 Å². The molecule has 0 aromatic heterocycles. The monoisotopic (exact) mass is 149 g/mol. The maximum Gasteiger partial charge on any atom is 0.290 e. The molecule has 5 nitrogen and oxygen atoms in total. The molecule has 0 heterocycles. The zero-order valence-electron chi connectivity index (χ0n) is 6.00. The first-order chi connectivity index (χ1) is 5.11. The Hall–Kier alpha value is -2.01. The summed E-state index contributed by atoms with van der Waals surface area (Å²) in [6, 6.07) is 0. The quantitative estimate of drug-likeness (QED) is 0.319. The van der Waals surface area contributed by atoms with Crippen molar-refractivity contribution in [2.24, 2.45) is 16.5 Å². The van der Waals surface area contributed by atoms with Gasteiger partial charge in [-0.15, -0.1) is 4.99 Å². The summed E-state index contributed by atoms with van der Waals surface area (Å²) in [4.78, 5) is 9.31. The summed E-state index contributed by atoms with van der Waals surface area (Å²) in [6.07, 6.45) is 0. The van der Waals surface area contributed by atoms with Gasteiger partial charge in [-0.3, -0.25) is 0 Å². The van der Waals surface area contributed by atoms with Crippen LogP contribution in [0, 0.1) is 13.1 Å². The molecular weight excluding hydrogens is 142 g/mol. The second-order valence-corrected chi connectivity index (χ2v) is 1.69. The Bertz CT molecular complexity index is 281. The third-order valence-corrected chi connectivity index (χ3v) is 0.738. The molecule has 0 amide bonds. The Morgan fingerprint density at radius 3 is 2.09 bits per heavy atom. The lowest BCUT2D eigenvalue weighted by Gasteiger charge is -1.90. The molecule has 0 atom stereocenters. The first kappa shape index (κ1) is 8.99. The average molecular weight is 149 g/mol. The van der Waals surface area contributed by atoms with E-state index in [4.69, 9.17) is 24.6 Å². The molecule has 0 saturated carbocycles. The second kappa shape index (κ2) is 3.91. The third kappa shape index (κ3) is 2.87. The Kier molecular flexibility index (Phi) is 3.20. The van der Waals surface area contributed by atoms with Crippen molar-refractivity contribution in [3.63, 3.8) is 0 Å². The van der Waals surface area contributed by atoms with Gasteiger partial charge in [0.1, 0.15) is 0 Å². The van der Waals surface area contributed by atoms with E-state index in [0.29, 0.717) is 0 Å². The fraction of sp³-hybridized carbons (Fsp3) is 0.167. The van der Waals surface area contributed by atoms with E-state index in [1.807, 2.05) is 0 Å². The van der Waals surface area contributed by atoms with E-state index < -0.39 is 0 Å². The molecule has 56 valence electrons. The van der Waals surface area contributed by atoms with Gasteiger partial charge in [0, 0.05) is 6.92 Å². The van der Waals surface area contributed by atoms with Crippen LogP contribution in [0.3, 0.4) is 0 Å². The summed E-state index contributed by atoms with van der Waals surface area (Å²) in [5.74, 6) is -0.174. The summed E-state index contributed by atoms with van der Waals surface area (Å²) in [5, 5.41) is 0. The molecule has 0 aromatic rings. The summed E-state index contributed by atoms with van der Waals surface area (Å²) in [6.45, 7) is 14.6. The van der Waals surface area contributed by atoms with Crippen molar-refractivity contribution in [2.75, 3.05) is 0 Å². The Morgan fingerprint density at radius 1 is 1.27 bits per heavy atom. The zero-order chi connectivity index (χ0) is 8.85. The first-order valence-corrected chi connectivity index (χ1v) is 2.67. The van der Waals surface area contributed by atoms with Crippen LogP contribution in [0.4, 0.5) is 0 Å². The maximum absolute atomic E-state index is 6.57. The summed E-state index contributed by atoms with van der Waals surface area (Å²) in [5.41, 5.74) is 10.3. The summed E-state index contributed by atoms with van der Waals surface area (Å²) >= 11 is 0. The summed E-state index contributed by atoms with van der Waals surface area (Å²) in [7, 11) is 0. The number of hydrogen-bond acceptors (Lipinski definition) is 2. The second-order valence-electron chi connectivity index (χ2n) is 1.69. The number of hydrogen-bond donors (Lipinski definition) is 2. The van der Waals surface area contributed by atoms with Crippen LogP contribution < -0.4 is 11.5 Å². The molecule has 0 radical (unpaired) electrons. The predicted molar refractivity (Wildman–Crippen MR) is 41.7 cm³/mol. The molecule has 0 aromatic carbocycles. The normalized spacial score (nSPS) is 12.8. The van der Waals surface area contributed by atoms with Gasteiger partial charge in [0.2, 0.25) is 5.82 Å². The van der Waals surface area contributed by atoms with Crippen molar-refractivity contribution in [2.45, 2.75) is 6.92 Å². The molecule has 11 heavy (non-hydrogen) atoms. The average Bonchev–Trinajstić information content (AvgIpc) is 1.98. The molecule has 0 aliphatic carbocycles. The highest BCUT2D eigenvalue weighted by Gasteiger charge is 1.99. The van der Waals surface area contributed by atoms with Gasteiger partial charge < -0.3 is 21.2 Å². The lowest BCUT2D eigenvalue weighted by molar-refractivity contribution is 1.25. The van der Waals surface area contributed by atoms with E-state index in [1.54, 1.807) is 0 Å². The molecule has 0 aliphatic rings. The number of nitrogens with two attached hydrogens (primary N) is 2. The van der Waals surface area contributed by atoms with Gasteiger partial charge in [0.15, 0.2) is 5.84 Å². The minimum atomic E-state index is -0.232. The number of nitrogens with zero attached hydrogens (tertiary/aromatic N) is 3. The topological polar surface area (TPSA) is 73.1 Å². The standard InChI is InChI=1S/C6H7N5/c1-4(7)11-6(10-3)5(8)9-2/h8H2,1H3,(H2,7,11)/b6-5+. The van der Waals surface area contributed by atoms with Gasteiger partial charge in [-0.2, -0.15) is 0 Å². The van der Waals surface area contributed by atoms with E-state index in [-0.39, 0.29) is 17.5 Å². The maximum atomic E-state index is 6.57. The highest BCUT2D eigenvalue weighted by atomic mass is 15.0. The number of amidine groups is 1. The zero-order valence-corrected chi connectivity index (χ0v) is 6.00. The van der Waals surface area contributed by atoms with Gasteiger partial charge in [-0.05, 0) is 0 Å². The Morgan fingerprint density at radius 2 is 1.82 bits per heavy atom. The van der Waals surface area contributed by atoms with Gasteiger partial charge in [-0.1, -0.05) is 13.1 Å². The Labute approximate surface area is 64.7 Å². The molecule has 0 rings (SSSR count). The van der Waals surface area contributed by atoms with Crippen molar-refractivity contribution in [3.8, 4) is 0 Å². The predicted octanol–water partition coefficient (Wildman–Crippen LogP) is 0.287. The van der Waals surface area contributed by atoms with Crippen LogP contribution in [0.2, 0.25) is 0 Å². The van der Waals surface area contributed by atoms with Crippen LogP contribution >= 0.6 is 0 Å². The minimum absolute atomic E-state index is 0.153. The van der Waals surface area contributed by atoms with Crippen LogP contribution in [0.5, 0.6) is 0 Å². The van der Waals surface area contributed by atoms with Gasteiger partial charge in [0.05, 0.1) is 0 Å². The van der Waals surface area contributed by atoms with Crippen molar-refractivity contribution < 1.29 is 0 Å². The third-order valence-electron chi connectivity index (χ3n) is 0.738. The molecule has 0 spiro atoms. The van der Waals surface area contributed by atoms with Crippen LogP contribution in [0.25, 0.3) is 9.69 Å². The van der Waals surface area contributed by atoms with Crippen LogP contribution in [0.15, 0.2) is 16.6 Å². The Balaban J connectivity index is 4.91. The van der Waals surface area contributed by atoms with Gasteiger partial charge >= 0.3 is 0 Å². The van der Waals surface area contributed by atoms with Crippen molar-refractivity contribution in [3.05, 3.63) is 34.5 Å². The fourth-order valence-electron chi connectivity index (χ4n) is 0.357. The van der Waals surface area contributed by atoms with E-state index in [2.05, 4.69) is 14.7 Å². The molecule has 4 N–H and O–H groups in total. The van der Waals surface area contributed by atoms with Crippen LogP contribution in [0.1, 0.15) is 6.92 Å². The smallest absolute Gasteiger partial charge is 0.290 e. The van der Waals surface area contributed by atoms with Crippen LogP contribution in [-0.2, 0) is 0 Å². The minimum Gasteiger partial charge on any atom is -0.374 e. The molecule has 0 bridgehead atoms. The van der Waals surface area contributed by atoms with Gasteiger partial charge in [0.25, 0.3) is 5.82 Å². The summed E-state index contributed by atoms with van der Waals surface area (Å²) < 4.78 is 0. The SMILES string of the molecule is [C-]#[N+]/C(N)=C(/N=C(\C)N)[N+]#[C-]. The van der Waals surface area contributed by atoms with Gasteiger partial charge in [-0.25, -0.2) is 0 Å².